The summed E-state index contributed by atoms with van der Waals surface area (Å²) >= 11 is 1.57. The first-order valence-corrected chi connectivity index (χ1v) is 11.1. The number of anilines is 1. The number of likely N-dealkylation sites (tertiary alicyclic amines) is 1. The van der Waals surface area contributed by atoms with E-state index in [-0.39, 0.29) is 18.0 Å². The third-order valence-corrected chi connectivity index (χ3v) is 5.50. The van der Waals surface area contributed by atoms with Crippen LogP contribution < -0.4 is 16.0 Å². The summed E-state index contributed by atoms with van der Waals surface area (Å²) in [5.74, 6) is 0.786. The van der Waals surface area contributed by atoms with Crippen LogP contribution in [0.2, 0.25) is 0 Å². The highest BCUT2D eigenvalue weighted by molar-refractivity contribution is 7.16. The second-order valence-electron chi connectivity index (χ2n) is 8.34. The number of carbonyl (C=O) groups is 2. The van der Waals surface area contributed by atoms with E-state index in [1.807, 2.05) is 32.2 Å². The lowest BCUT2D eigenvalue weighted by Gasteiger charge is -2.32. The minimum atomic E-state index is -0.499. The number of hydrogen-bond acceptors (Lipinski definition) is 8. The number of hydrogen-bond donors (Lipinski definition) is 3. The standard InChI is InChI=1S/C20H30N6O3S/c1-20(2,3)29-19(28)25-14-4-9-26(10-5-14)12-16(27)21-7-8-22-17-15-6-11-30-18(15)24-13-23-17/h6,11,13-14H,4-5,7-10,12H2,1-3H3,(H,21,27)(H,25,28)(H,22,23,24). The molecule has 3 heterocycles. The molecule has 2 aromatic rings. The summed E-state index contributed by atoms with van der Waals surface area (Å²) in [5.41, 5.74) is -0.499. The first-order valence-electron chi connectivity index (χ1n) is 10.2. The van der Waals surface area contributed by atoms with E-state index in [1.54, 1.807) is 17.7 Å². The summed E-state index contributed by atoms with van der Waals surface area (Å²) in [4.78, 5) is 35.6. The fourth-order valence-electron chi connectivity index (χ4n) is 3.28. The largest absolute Gasteiger partial charge is 0.444 e. The molecular formula is C20H30N6O3S. The summed E-state index contributed by atoms with van der Waals surface area (Å²) < 4.78 is 5.30. The number of ether oxygens (including phenoxy) is 1. The van der Waals surface area contributed by atoms with Crippen LogP contribution in [0.3, 0.4) is 0 Å². The number of thiophene rings is 1. The van der Waals surface area contributed by atoms with Gasteiger partial charge < -0.3 is 20.7 Å². The van der Waals surface area contributed by atoms with Gasteiger partial charge in [-0.05, 0) is 45.1 Å². The molecule has 0 bridgehead atoms. The third-order valence-electron chi connectivity index (χ3n) is 4.68. The zero-order chi connectivity index (χ0) is 21.6. The third kappa shape index (κ3) is 6.81. The summed E-state index contributed by atoms with van der Waals surface area (Å²) in [5, 5.41) is 12.1. The van der Waals surface area contributed by atoms with Crippen molar-refractivity contribution in [2.75, 3.05) is 38.0 Å². The van der Waals surface area contributed by atoms with Gasteiger partial charge in [-0.3, -0.25) is 9.69 Å². The molecule has 0 saturated carbocycles. The number of rotatable bonds is 7. The van der Waals surface area contributed by atoms with Crippen LogP contribution in [0.15, 0.2) is 17.8 Å². The molecule has 0 spiro atoms. The highest BCUT2D eigenvalue weighted by Gasteiger charge is 2.24. The van der Waals surface area contributed by atoms with Gasteiger partial charge in [0.2, 0.25) is 5.91 Å². The molecule has 0 aliphatic carbocycles. The van der Waals surface area contributed by atoms with Crippen LogP contribution in [-0.4, -0.2) is 71.2 Å². The lowest BCUT2D eigenvalue weighted by atomic mass is 10.1. The van der Waals surface area contributed by atoms with Crippen LogP contribution in [0, 0.1) is 0 Å². The van der Waals surface area contributed by atoms with Crippen molar-refractivity contribution in [1.82, 2.24) is 25.5 Å². The number of nitrogens with one attached hydrogen (secondary N) is 3. The van der Waals surface area contributed by atoms with Crippen LogP contribution in [0.5, 0.6) is 0 Å². The van der Waals surface area contributed by atoms with Crippen LogP contribution in [0.25, 0.3) is 10.2 Å². The minimum Gasteiger partial charge on any atom is -0.444 e. The molecule has 0 radical (unpaired) electrons. The highest BCUT2D eigenvalue weighted by Crippen LogP contribution is 2.23. The van der Waals surface area contributed by atoms with E-state index in [9.17, 15) is 9.59 Å². The van der Waals surface area contributed by atoms with Gasteiger partial charge in [-0.2, -0.15) is 0 Å². The Balaban J connectivity index is 1.30. The van der Waals surface area contributed by atoms with E-state index >= 15 is 0 Å². The highest BCUT2D eigenvalue weighted by atomic mass is 32.1. The number of aromatic nitrogens is 2. The normalized spacial score (nSPS) is 15.7. The van der Waals surface area contributed by atoms with Crippen molar-refractivity contribution in [3.05, 3.63) is 17.8 Å². The minimum absolute atomic E-state index is 0.00119. The molecular weight excluding hydrogens is 404 g/mol. The van der Waals surface area contributed by atoms with Crippen LogP contribution >= 0.6 is 11.3 Å². The number of alkyl carbamates (subject to hydrolysis) is 1. The maximum Gasteiger partial charge on any atom is 0.407 e. The maximum absolute atomic E-state index is 12.2. The topological polar surface area (TPSA) is 108 Å². The molecule has 0 aromatic carbocycles. The smallest absolute Gasteiger partial charge is 0.407 e. The van der Waals surface area contributed by atoms with Crippen molar-refractivity contribution < 1.29 is 14.3 Å². The molecule has 0 atom stereocenters. The van der Waals surface area contributed by atoms with Crippen molar-refractivity contribution in [3.63, 3.8) is 0 Å². The van der Waals surface area contributed by atoms with Gasteiger partial charge in [-0.1, -0.05) is 0 Å². The number of piperidine rings is 1. The molecule has 1 saturated heterocycles. The molecule has 1 fully saturated rings. The Labute approximate surface area is 180 Å². The van der Waals surface area contributed by atoms with Crippen LogP contribution in [0.1, 0.15) is 33.6 Å². The molecule has 10 heteroatoms. The summed E-state index contributed by atoms with van der Waals surface area (Å²) in [6, 6.07) is 2.08. The molecule has 30 heavy (non-hydrogen) atoms. The zero-order valence-corrected chi connectivity index (χ0v) is 18.6. The zero-order valence-electron chi connectivity index (χ0n) is 17.7. The molecule has 3 rings (SSSR count). The van der Waals surface area contributed by atoms with E-state index in [2.05, 4.69) is 30.8 Å². The fourth-order valence-corrected chi connectivity index (χ4v) is 4.02. The van der Waals surface area contributed by atoms with Gasteiger partial charge >= 0.3 is 6.09 Å². The molecule has 1 aliphatic rings. The molecule has 2 aromatic heterocycles. The average molecular weight is 435 g/mol. The van der Waals surface area contributed by atoms with Crippen LogP contribution in [-0.2, 0) is 9.53 Å². The Morgan fingerprint density at radius 3 is 2.73 bits per heavy atom. The monoisotopic (exact) mass is 434 g/mol. The molecule has 3 N–H and O–H groups in total. The number of amides is 2. The van der Waals surface area contributed by atoms with Gasteiger partial charge in [-0.25, -0.2) is 14.8 Å². The molecule has 9 nitrogen and oxygen atoms in total. The average Bonchev–Trinajstić information content (AvgIpc) is 3.15. The van der Waals surface area contributed by atoms with Crippen molar-refractivity contribution in [2.45, 2.75) is 45.3 Å². The predicted molar refractivity (Wildman–Crippen MR) is 118 cm³/mol. The second-order valence-corrected chi connectivity index (χ2v) is 9.23. The Morgan fingerprint density at radius 2 is 2.00 bits per heavy atom. The summed E-state index contributed by atoms with van der Waals surface area (Å²) in [7, 11) is 0. The SMILES string of the molecule is CC(C)(C)OC(=O)NC1CCN(CC(=O)NCCNc2ncnc3sccc23)CC1. The predicted octanol–water partition coefficient (Wildman–Crippen LogP) is 2.21. The fraction of sp³-hybridized carbons (Fsp3) is 0.600. The molecule has 0 unspecified atom stereocenters. The van der Waals surface area contributed by atoms with Gasteiger partial charge in [0.15, 0.2) is 0 Å². The Morgan fingerprint density at radius 1 is 1.23 bits per heavy atom. The maximum atomic E-state index is 12.2. The Bertz CT molecular complexity index is 858. The van der Waals surface area contributed by atoms with Gasteiger partial charge in [0, 0.05) is 32.2 Å². The Kier molecular flexibility index (Phi) is 7.43. The van der Waals surface area contributed by atoms with Gasteiger partial charge in [-0.15, -0.1) is 11.3 Å². The molecule has 164 valence electrons. The quantitative estimate of drug-likeness (QED) is 0.573. The number of carbonyl (C=O) groups excluding carboxylic acids is 2. The van der Waals surface area contributed by atoms with Crippen molar-refractivity contribution in [1.29, 1.82) is 0 Å². The summed E-state index contributed by atoms with van der Waals surface area (Å²) in [6.07, 6.45) is 2.77. The van der Waals surface area contributed by atoms with Gasteiger partial charge in [0.25, 0.3) is 0 Å². The van der Waals surface area contributed by atoms with Gasteiger partial charge in [0.1, 0.15) is 22.6 Å². The van der Waals surface area contributed by atoms with Crippen LogP contribution in [0.4, 0.5) is 10.6 Å². The van der Waals surface area contributed by atoms with Crippen molar-refractivity contribution in [2.24, 2.45) is 0 Å². The summed E-state index contributed by atoms with van der Waals surface area (Å²) in [6.45, 7) is 8.55. The van der Waals surface area contributed by atoms with E-state index in [1.165, 1.54) is 0 Å². The Hall–Kier alpha value is -2.46. The van der Waals surface area contributed by atoms with Crippen molar-refractivity contribution in [3.8, 4) is 0 Å². The lowest BCUT2D eigenvalue weighted by molar-refractivity contribution is -0.122. The van der Waals surface area contributed by atoms with E-state index < -0.39 is 5.60 Å². The first-order chi connectivity index (χ1) is 14.3. The number of fused-ring (bicyclic) bond motifs is 1. The van der Waals surface area contributed by atoms with Gasteiger partial charge in [0.05, 0.1) is 11.9 Å². The number of nitrogens with zero attached hydrogens (tertiary/aromatic N) is 3. The van der Waals surface area contributed by atoms with E-state index in [4.69, 9.17) is 4.74 Å². The molecule has 2 amide bonds. The molecule has 1 aliphatic heterocycles. The van der Waals surface area contributed by atoms with E-state index in [0.717, 1.165) is 42.0 Å². The van der Waals surface area contributed by atoms with Crippen molar-refractivity contribution >= 4 is 39.4 Å². The second kappa shape index (κ2) is 10.0. The first kappa shape index (κ1) is 22.2. The van der Waals surface area contributed by atoms with E-state index in [0.29, 0.717) is 19.6 Å². The lowest BCUT2D eigenvalue weighted by Crippen LogP contribution is -2.48.